The number of ether oxygens (including phenoxy) is 2. The summed E-state index contributed by atoms with van der Waals surface area (Å²) in [5, 5.41) is 20.7. The summed E-state index contributed by atoms with van der Waals surface area (Å²) < 4.78 is 11.6. The van der Waals surface area contributed by atoms with Crippen LogP contribution in [0, 0.1) is 11.8 Å². The molecule has 0 aromatic heterocycles. The lowest BCUT2D eigenvalue weighted by molar-refractivity contribution is -0.150. The van der Waals surface area contributed by atoms with Crippen molar-refractivity contribution in [1.29, 1.82) is 0 Å². The van der Waals surface area contributed by atoms with Crippen LogP contribution in [0.25, 0.3) is 0 Å². The summed E-state index contributed by atoms with van der Waals surface area (Å²) in [5.74, 6) is -3.58. The first kappa shape index (κ1) is 27.4. The van der Waals surface area contributed by atoms with E-state index in [1.807, 2.05) is 30.3 Å². The molecular formula is C29H31BrN2O7. The van der Waals surface area contributed by atoms with E-state index >= 15 is 0 Å². The maximum atomic E-state index is 14.6. The van der Waals surface area contributed by atoms with Crippen molar-refractivity contribution in [3.8, 4) is 5.75 Å². The second kappa shape index (κ2) is 10.7. The van der Waals surface area contributed by atoms with E-state index in [9.17, 15) is 24.6 Å². The first-order chi connectivity index (χ1) is 18.8. The lowest BCUT2D eigenvalue weighted by Gasteiger charge is -2.39. The van der Waals surface area contributed by atoms with E-state index in [-0.39, 0.29) is 11.4 Å². The van der Waals surface area contributed by atoms with E-state index in [2.05, 4.69) is 22.5 Å². The first-order valence-corrected chi connectivity index (χ1v) is 13.8. The minimum absolute atomic E-state index is 0.149. The topological polar surface area (TPSA) is 117 Å². The van der Waals surface area contributed by atoms with Crippen molar-refractivity contribution in [2.45, 2.75) is 41.5 Å². The molecule has 0 saturated carbocycles. The Bertz CT molecular complexity index is 1260. The summed E-state index contributed by atoms with van der Waals surface area (Å²) in [6.45, 7) is 3.56. The first-order valence-electron chi connectivity index (χ1n) is 12.8. The molecule has 2 N–H and O–H groups in total. The Morgan fingerprint density at radius 2 is 1.95 bits per heavy atom. The van der Waals surface area contributed by atoms with Crippen molar-refractivity contribution in [3.05, 3.63) is 72.8 Å². The van der Waals surface area contributed by atoms with Gasteiger partial charge in [-0.1, -0.05) is 52.3 Å². The molecular weight excluding hydrogens is 568 g/mol. The smallest absolute Gasteiger partial charge is 0.310 e. The Balaban J connectivity index is 1.61. The number of fused-ring (bicyclic) bond motifs is 1. The third-order valence-electron chi connectivity index (χ3n) is 8.13. The number of aliphatic hydroxyl groups excluding tert-OH is 1. The molecule has 9 nitrogen and oxygen atoms in total. The molecule has 2 amide bonds. The van der Waals surface area contributed by atoms with Crippen molar-refractivity contribution in [2.24, 2.45) is 11.8 Å². The minimum Gasteiger partial charge on any atom is -0.497 e. The number of carbonyl (C=O) groups excluding carboxylic acids is 2. The van der Waals surface area contributed by atoms with Crippen LogP contribution in [0.1, 0.15) is 12.0 Å². The van der Waals surface area contributed by atoms with Crippen LogP contribution in [-0.2, 0) is 25.5 Å². The predicted molar refractivity (Wildman–Crippen MR) is 147 cm³/mol. The van der Waals surface area contributed by atoms with Crippen LogP contribution < -0.4 is 9.64 Å². The molecule has 2 aromatic rings. The SMILES string of the molecule is C=CCN(C(=O)[C@@H]1N([C@@H](CO)Cc2ccccc2)C(=O)[C@H]2[C@H](C(=O)O)[C@H]3O[C@@]12CC3Br)c1ccc(OC)cc1. The van der Waals surface area contributed by atoms with E-state index in [0.717, 1.165) is 5.56 Å². The molecule has 0 aliphatic carbocycles. The van der Waals surface area contributed by atoms with Gasteiger partial charge >= 0.3 is 5.97 Å². The number of anilines is 1. The molecule has 5 rings (SSSR count). The van der Waals surface area contributed by atoms with Gasteiger partial charge in [-0.05, 0) is 42.7 Å². The zero-order chi connectivity index (χ0) is 27.9. The van der Waals surface area contributed by atoms with Crippen LogP contribution in [0.15, 0.2) is 67.3 Å². The second-order valence-electron chi connectivity index (χ2n) is 10.2. The number of amides is 2. The molecule has 3 fully saturated rings. The van der Waals surface area contributed by atoms with Gasteiger partial charge in [0.25, 0.3) is 5.91 Å². The second-order valence-corrected chi connectivity index (χ2v) is 11.4. The number of benzene rings is 2. The van der Waals surface area contributed by atoms with Crippen LogP contribution in [-0.4, -0.2) is 81.8 Å². The number of rotatable bonds is 10. The molecule has 1 unspecified atom stereocenters. The van der Waals surface area contributed by atoms with Gasteiger partial charge in [0.2, 0.25) is 5.91 Å². The van der Waals surface area contributed by atoms with Crippen molar-refractivity contribution in [2.75, 3.05) is 25.2 Å². The minimum atomic E-state index is -1.36. The summed E-state index contributed by atoms with van der Waals surface area (Å²) in [5.41, 5.74) is 0.0855. The zero-order valence-electron chi connectivity index (χ0n) is 21.5. The number of methoxy groups -OCH3 is 1. The Labute approximate surface area is 235 Å². The van der Waals surface area contributed by atoms with E-state index in [4.69, 9.17) is 9.47 Å². The monoisotopic (exact) mass is 598 g/mol. The molecule has 3 aliphatic heterocycles. The summed E-state index contributed by atoms with van der Waals surface area (Å²) in [7, 11) is 1.55. The molecule has 3 saturated heterocycles. The number of carboxylic acids is 1. The number of hydrogen-bond acceptors (Lipinski definition) is 6. The van der Waals surface area contributed by atoms with Crippen LogP contribution in [0.2, 0.25) is 0 Å². The number of alkyl halides is 1. The fourth-order valence-corrected chi connectivity index (χ4v) is 7.46. The third kappa shape index (κ3) is 4.44. The Hall–Kier alpha value is -3.21. The highest BCUT2D eigenvalue weighted by Crippen LogP contribution is 2.60. The number of aliphatic hydroxyl groups is 1. The van der Waals surface area contributed by atoms with Gasteiger partial charge in [0.1, 0.15) is 17.4 Å². The van der Waals surface area contributed by atoms with Crippen LogP contribution >= 0.6 is 15.9 Å². The largest absolute Gasteiger partial charge is 0.497 e. The fourth-order valence-electron chi connectivity index (χ4n) is 6.52. The Kier molecular flexibility index (Phi) is 7.54. The maximum Gasteiger partial charge on any atom is 0.310 e. The molecule has 0 radical (unpaired) electrons. The highest BCUT2D eigenvalue weighted by molar-refractivity contribution is 9.09. The van der Waals surface area contributed by atoms with Gasteiger partial charge in [0.15, 0.2) is 0 Å². The molecule has 3 aliphatic rings. The van der Waals surface area contributed by atoms with E-state index in [1.54, 1.807) is 37.5 Å². The highest BCUT2D eigenvalue weighted by atomic mass is 79.9. The summed E-state index contributed by atoms with van der Waals surface area (Å²) in [6.07, 6.45) is 1.42. The van der Waals surface area contributed by atoms with Gasteiger partial charge in [-0.25, -0.2) is 0 Å². The Morgan fingerprint density at radius 3 is 2.54 bits per heavy atom. The number of nitrogens with zero attached hydrogens (tertiary/aromatic N) is 2. The molecule has 39 heavy (non-hydrogen) atoms. The van der Waals surface area contributed by atoms with Gasteiger partial charge in [0.05, 0.1) is 37.7 Å². The Morgan fingerprint density at radius 1 is 1.26 bits per heavy atom. The predicted octanol–water partition coefficient (Wildman–Crippen LogP) is 2.65. The molecule has 206 valence electrons. The van der Waals surface area contributed by atoms with Crippen molar-refractivity contribution < 1.29 is 34.1 Å². The number of halogens is 1. The lowest BCUT2D eigenvalue weighted by atomic mass is 9.70. The molecule has 7 atom stereocenters. The molecule has 10 heteroatoms. The van der Waals surface area contributed by atoms with Gasteiger partial charge in [-0.15, -0.1) is 6.58 Å². The van der Waals surface area contributed by atoms with Crippen LogP contribution in [0.4, 0.5) is 5.69 Å². The quantitative estimate of drug-likeness (QED) is 0.319. The van der Waals surface area contributed by atoms with Crippen molar-refractivity contribution in [3.63, 3.8) is 0 Å². The fraction of sp³-hybridized carbons (Fsp3) is 0.414. The average molecular weight is 599 g/mol. The number of likely N-dealkylation sites (tertiary alicyclic amines) is 1. The van der Waals surface area contributed by atoms with E-state index in [1.165, 1.54) is 9.80 Å². The molecule has 1 spiro atoms. The maximum absolute atomic E-state index is 14.6. The van der Waals surface area contributed by atoms with Gasteiger partial charge < -0.3 is 29.5 Å². The third-order valence-corrected chi connectivity index (χ3v) is 8.97. The van der Waals surface area contributed by atoms with Gasteiger partial charge in [0, 0.05) is 17.1 Å². The molecule has 3 heterocycles. The van der Waals surface area contributed by atoms with Crippen molar-refractivity contribution in [1.82, 2.24) is 4.90 Å². The van der Waals surface area contributed by atoms with E-state index < -0.39 is 60.0 Å². The summed E-state index contributed by atoms with van der Waals surface area (Å²) in [4.78, 5) is 43.7. The molecule has 2 aromatic carbocycles. The van der Waals surface area contributed by atoms with Crippen LogP contribution in [0.3, 0.4) is 0 Å². The number of hydrogen-bond donors (Lipinski definition) is 2. The normalized spacial score (nSPS) is 29.7. The van der Waals surface area contributed by atoms with Crippen molar-refractivity contribution >= 4 is 39.4 Å². The zero-order valence-corrected chi connectivity index (χ0v) is 23.1. The summed E-state index contributed by atoms with van der Waals surface area (Å²) in [6, 6.07) is 14.4. The van der Waals surface area contributed by atoms with E-state index in [0.29, 0.717) is 24.3 Å². The summed E-state index contributed by atoms with van der Waals surface area (Å²) >= 11 is 3.57. The number of aliphatic carboxylic acids is 1. The number of carbonyl (C=O) groups is 3. The molecule has 2 bridgehead atoms. The number of carboxylic acid groups (broad SMARTS) is 1. The van der Waals surface area contributed by atoms with Gasteiger partial charge in [-0.2, -0.15) is 0 Å². The average Bonchev–Trinajstić information content (AvgIpc) is 3.54. The highest BCUT2D eigenvalue weighted by Gasteiger charge is 2.77. The van der Waals surface area contributed by atoms with Crippen LogP contribution in [0.5, 0.6) is 5.75 Å². The standard InChI is InChI=1S/C29H31BrN2O7/c1-3-13-31(18-9-11-20(38-2)12-10-18)27(35)25-29-15-21(30)24(39-29)22(28(36)37)23(29)26(34)32(25)19(16-33)14-17-7-5-4-6-8-17/h3-12,19,21-25,33H,1,13-16H2,2H3,(H,36,37)/t19-,21?,22+,23-,24+,25+,29-/m1/s1. The van der Waals surface area contributed by atoms with Gasteiger partial charge in [-0.3, -0.25) is 14.4 Å². The lowest BCUT2D eigenvalue weighted by Crippen LogP contribution is -2.59.